The van der Waals surface area contributed by atoms with Crippen LogP contribution in [-0.2, 0) is 10.0 Å². The molecule has 0 aromatic heterocycles. The molecule has 0 aliphatic carbocycles. The first-order valence-electron chi connectivity index (χ1n) is 7.49. The molecule has 1 heterocycles. The zero-order chi connectivity index (χ0) is 16.3. The largest absolute Gasteiger partial charge is 0.478 e. The van der Waals surface area contributed by atoms with Crippen molar-refractivity contribution in [3.63, 3.8) is 0 Å². The molecule has 1 aliphatic rings. The van der Waals surface area contributed by atoms with E-state index in [4.69, 9.17) is 5.11 Å². The summed E-state index contributed by atoms with van der Waals surface area (Å²) in [6.07, 6.45) is 2.69. The molecule has 1 aliphatic heterocycles. The van der Waals surface area contributed by atoms with E-state index < -0.39 is 16.0 Å². The molecule has 0 unspecified atom stereocenters. The Balaban J connectivity index is 2.49. The van der Waals surface area contributed by atoms with Crippen LogP contribution in [0.1, 0.15) is 43.5 Å². The van der Waals surface area contributed by atoms with E-state index in [0.717, 1.165) is 25.9 Å². The molecule has 122 valence electrons. The number of carboxylic acids is 1. The Bertz CT molecular complexity index is 652. The van der Waals surface area contributed by atoms with E-state index in [-0.39, 0.29) is 16.5 Å². The number of aromatic carboxylic acids is 1. The highest BCUT2D eigenvalue weighted by atomic mass is 32.2. The van der Waals surface area contributed by atoms with Gasteiger partial charge in [-0.1, -0.05) is 6.92 Å². The van der Waals surface area contributed by atoms with E-state index in [1.807, 2.05) is 11.8 Å². The van der Waals surface area contributed by atoms with Crippen molar-refractivity contribution in [1.29, 1.82) is 0 Å². The number of carbonyl (C=O) groups is 1. The summed E-state index contributed by atoms with van der Waals surface area (Å²) in [5, 5.41) is 9.13. The van der Waals surface area contributed by atoms with E-state index >= 15 is 0 Å². The minimum Gasteiger partial charge on any atom is -0.478 e. The van der Waals surface area contributed by atoms with Crippen molar-refractivity contribution >= 4 is 21.7 Å². The van der Waals surface area contributed by atoms with Crippen molar-refractivity contribution in [2.45, 2.75) is 44.0 Å². The summed E-state index contributed by atoms with van der Waals surface area (Å²) in [4.78, 5) is 13.2. The molecule has 2 rings (SSSR count). The number of hydrogen-bond donors (Lipinski definition) is 2. The van der Waals surface area contributed by atoms with Crippen LogP contribution in [0.15, 0.2) is 23.1 Å². The Kier molecular flexibility index (Phi) is 5.08. The first kappa shape index (κ1) is 16.8. The van der Waals surface area contributed by atoms with Crippen molar-refractivity contribution in [1.82, 2.24) is 4.72 Å². The lowest BCUT2D eigenvalue weighted by Crippen LogP contribution is -2.33. The lowest BCUT2D eigenvalue weighted by Gasteiger charge is -2.22. The molecule has 2 N–H and O–H groups in total. The minimum atomic E-state index is -3.75. The van der Waals surface area contributed by atoms with Crippen molar-refractivity contribution in [3.05, 3.63) is 23.8 Å². The molecule has 0 radical (unpaired) electrons. The van der Waals surface area contributed by atoms with Crippen LogP contribution in [-0.4, -0.2) is 38.6 Å². The number of sulfonamides is 1. The van der Waals surface area contributed by atoms with E-state index in [1.165, 1.54) is 12.1 Å². The third-order valence-corrected chi connectivity index (χ3v) is 5.53. The van der Waals surface area contributed by atoms with Gasteiger partial charge >= 0.3 is 5.97 Å². The molecule has 1 atom stereocenters. The molecular formula is C15H22N2O4S. The Hall–Kier alpha value is -1.60. The number of hydrogen-bond acceptors (Lipinski definition) is 4. The summed E-state index contributed by atoms with van der Waals surface area (Å²) < 4.78 is 27.9. The number of rotatable bonds is 6. The Labute approximate surface area is 131 Å². The first-order valence-corrected chi connectivity index (χ1v) is 8.98. The topological polar surface area (TPSA) is 86.7 Å². The number of benzene rings is 1. The van der Waals surface area contributed by atoms with Gasteiger partial charge in [0.15, 0.2) is 0 Å². The summed E-state index contributed by atoms with van der Waals surface area (Å²) in [7, 11) is -3.75. The predicted octanol–water partition coefficient (Wildman–Crippen LogP) is 2.06. The first-order chi connectivity index (χ1) is 10.3. The fourth-order valence-corrected chi connectivity index (χ4v) is 4.07. The summed E-state index contributed by atoms with van der Waals surface area (Å²) in [6.45, 7) is 5.26. The van der Waals surface area contributed by atoms with Crippen LogP contribution in [0.2, 0.25) is 0 Å². The smallest absolute Gasteiger partial charge is 0.335 e. The molecule has 1 fully saturated rings. The van der Waals surface area contributed by atoms with E-state index in [9.17, 15) is 13.2 Å². The van der Waals surface area contributed by atoms with Crippen LogP contribution in [0, 0.1) is 0 Å². The quantitative estimate of drug-likeness (QED) is 0.835. The van der Waals surface area contributed by atoms with Crippen LogP contribution >= 0.6 is 0 Å². The molecular weight excluding hydrogens is 304 g/mol. The van der Waals surface area contributed by atoms with Crippen molar-refractivity contribution in [3.8, 4) is 0 Å². The number of carboxylic acid groups (broad SMARTS) is 1. The summed E-state index contributed by atoms with van der Waals surface area (Å²) in [5.74, 6) is -1.13. The Morgan fingerprint density at radius 1 is 1.36 bits per heavy atom. The van der Waals surface area contributed by atoms with Crippen molar-refractivity contribution in [2.24, 2.45) is 0 Å². The molecule has 22 heavy (non-hydrogen) atoms. The van der Waals surface area contributed by atoms with Gasteiger partial charge < -0.3 is 10.0 Å². The normalized spacial score (nSPS) is 16.7. The van der Waals surface area contributed by atoms with E-state index in [1.54, 1.807) is 13.0 Å². The standard InChI is InChI=1S/C15H22N2O4S/c1-3-11(2)16-22(20,21)14-10-12(15(18)19)6-7-13(14)17-8-4-5-9-17/h6-7,10-11,16H,3-5,8-9H2,1-2H3,(H,18,19)/t11-/m1/s1. The third-order valence-electron chi connectivity index (χ3n) is 3.91. The molecule has 0 saturated carbocycles. The van der Waals surface area contributed by atoms with Gasteiger partial charge in [-0.15, -0.1) is 0 Å². The van der Waals surface area contributed by atoms with Crippen LogP contribution < -0.4 is 9.62 Å². The summed E-state index contributed by atoms with van der Waals surface area (Å²) in [5.41, 5.74) is 0.561. The van der Waals surface area contributed by atoms with Crippen molar-refractivity contribution < 1.29 is 18.3 Å². The molecule has 0 amide bonds. The fourth-order valence-electron chi connectivity index (χ4n) is 2.49. The van der Waals surface area contributed by atoms with Gasteiger partial charge in [0.2, 0.25) is 10.0 Å². The molecule has 1 saturated heterocycles. The van der Waals surface area contributed by atoms with Gasteiger partial charge in [0.05, 0.1) is 11.3 Å². The van der Waals surface area contributed by atoms with E-state index in [2.05, 4.69) is 4.72 Å². The number of anilines is 1. The van der Waals surface area contributed by atoms with Crippen LogP contribution in [0.3, 0.4) is 0 Å². The highest BCUT2D eigenvalue weighted by Gasteiger charge is 2.26. The average molecular weight is 326 g/mol. The second-order valence-electron chi connectivity index (χ2n) is 5.61. The zero-order valence-electron chi connectivity index (χ0n) is 12.9. The zero-order valence-corrected chi connectivity index (χ0v) is 13.7. The van der Waals surface area contributed by atoms with Gasteiger partial charge in [-0.3, -0.25) is 0 Å². The molecule has 1 aromatic carbocycles. The molecule has 7 heteroatoms. The summed E-state index contributed by atoms with van der Waals surface area (Å²) >= 11 is 0. The van der Waals surface area contributed by atoms with Gasteiger partial charge in [0.1, 0.15) is 4.90 Å². The Morgan fingerprint density at radius 2 is 2.00 bits per heavy atom. The maximum Gasteiger partial charge on any atom is 0.335 e. The molecule has 0 spiro atoms. The average Bonchev–Trinajstić information content (AvgIpc) is 3.00. The number of nitrogens with zero attached hydrogens (tertiary/aromatic N) is 1. The van der Waals surface area contributed by atoms with Crippen molar-refractivity contribution in [2.75, 3.05) is 18.0 Å². The van der Waals surface area contributed by atoms with Crippen LogP contribution in [0.5, 0.6) is 0 Å². The summed E-state index contributed by atoms with van der Waals surface area (Å²) in [6, 6.07) is 4.10. The monoisotopic (exact) mass is 326 g/mol. The van der Waals surface area contributed by atoms with Crippen LogP contribution in [0.25, 0.3) is 0 Å². The van der Waals surface area contributed by atoms with Gasteiger partial charge in [0, 0.05) is 19.1 Å². The molecule has 6 nitrogen and oxygen atoms in total. The van der Waals surface area contributed by atoms with Gasteiger partial charge in [-0.05, 0) is 44.4 Å². The maximum absolute atomic E-state index is 12.6. The van der Waals surface area contributed by atoms with Gasteiger partial charge in [-0.25, -0.2) is 17.9 Å². The third kappa shape index (κ3) is 3.59. The fraction of sp³-hybridized carbons (Fsp3) is 0.533. The van der Waals surface area contributed by atoms with Crippen LogP contribution in [0.4, 0.5) is 5.69 Å². The Morgan fingerprint density at radius 3 is 2.55 bits per heavy atom. The molecule has 0 bridgehead atoms. The maximum atomic E-state index is 12.6. The lowest BCUT2D eigenvalue weighted by molar-refractivity contribution is 0.0696. The second-order valence-corrected chi connectivity index (χ2v) is 7.29. The predicted molar refractivity (Wildman–Crippen MR) is 84.9 cm³/mol. The SMILES string of the molecule is CC[C@@H](C)NS(=O)(=O)c1cc(C(=O)O)ccc1N1CCCC1. The molecule has 1 aromatic rings. The van der Waals surface area contributed by atoms with E-state index in [0.29, 0.717) is 12.1 Å². The number of nitrogens with one attached hydrogen (secondary N) is 1. The second kappa shape index (κ2) is 6.66. The highest BCUT2D eigenvalue weighted by Crippen LogP contribution is 2.29. The highest BCUT2D eigenvalue weighted by molar-refractivity contribution is 7.89. The van der Waals surface area contributed by atoms with Gasteiger partial charge in [0.25, 0.3) is 0 Å². The minimum absolute atomic E-state index is 0.0209. The van der Waals surface area contributed by atoms with Gasteiger partial charge in [-0.2, -0.15) is 0 Å². The lowest BCUT2D eigenvalue weighted by atomic mass is 10.2.